The smallest absolute Gasteiger partial charge is 0.256 e. The number of hydrogen-bond donors (Lipinski definition) is 2. The summed E-state index contributed by atoms with van der Waals surface area (Å²) >= 11 is 0. The number of nitrogens with one attached hydrogen (secondary N) is 1. The van der Waals surface area contributed by atoms with Crippen molar-refractivity contribution >= 4 is 29.0 Å². The first-order valence-corrected chi connectivity index (χ1v) is 13.4. The zero-order chi connectivity index (χ0) is 26.7. The van der Waals surface area contributed by atoms with Crippen molar-refractivity contribution in [1.82, 2.24) is 9.80 Å². The van der Waals surface area contributed by atoms with E-state index in [9.17, 15) is 4.79 Å². The first kappa shape index (κ1) is 26.8. The van der Waals surface area contributed by atoms with E-state index in [1.165, 1.54) is 22.9 Å². The number of anilines is 1. The van der Waals surface area contributed by atoms with E-state index in [1.807, 2.05) is 25.2 Å². The molecule has 0 bridgehead atoms. The van der Waals surface area contributed by atoms with Crippen molar-refractivity contribution in [3.05, 3.63) is 75.1 Å². The molecular formula is C31H39FN4O. The normalized spacial score (nSPS) is 17.6. The Balaban J connectivity index is 1.82. The minimum Gasteiger partial charge on any atom is -0.398 e. The van der Waals surface area contributed by atoms with Crippen LogP contribution in [0.5, 0.6) is 0 Å². The molecule has 1 saturated heterocycles. The number of nitrogens with two attached hydrogens (primary N) is 1. The number of rotatable bonds is 6. The average molecular weight is 503 g/mol. The summed E-state index contributed by atoms with van der Waals surface area (Å²) in [5.74, 6) is -0.709. The van der Waals surface area contributed by atoms with Crippen LogP contribution in [0.3, 0.4) is 0 Å². The number of carbonyl (C=O) groups excluding carboxylic acids is 1. The highest BCUT2D eigenvalue weighted by atomic mass is 19.1. The number of allylic oxidation sites excluding steroid dienone is 4. The maximum absolute atomic E-state index is 15.5. The summed E-state index contributed by atoms with van der Waals surface area (Å²) in [6, 6.07) is 8.99. The van der Waals surface area contributed by atoms with E-state index in [4.69, 9.17) is 11.1 Å². The second-order valence-electron chi connectivity index (χ2n) is 10.4. The van der Waals surface area contributed by atoms with Crippen LogP contribution in [0.4, 0.5) is 10.1 Å². The lowest BCUT2D eigenvalue weighted by Crippen LogP contribution is -2.47. The Labute approximate surface area is 220 Å². The van der Waals surface area contributed by atoms with Crippen molar-refractivity contribution in [1.29, 1.82) is 5.41 Å². The fourth-order valence-corrected chi connectivity index (χ4v) is 5.64. The number of aryl methyl sites for hydroxylation is 1. The van der Waals surface area contributed by atoms with Crippen molar-refractivity contribution in [3.63, 3.8) is 0 Å². The van der Waals surface area contributed by atoms with Gasteiger partial charge in [-0.3, -0.25) is 4.79 Å². The van der Waals surface area contributed by atoms with Crippen LogP contribution >= 0.6 is 0 Å². The molecule has 37 heavy (non-hydrogen) atoms. The Morgan fingerprint density at radius 2 is 1.81 bits per heavy atom. The van der Waals surface area contributed by atoms with Crippen LogP contribution in [0.15, 0.2) is 41.5 Å². The van der Waals surface area contributed by atoms with Crippen LogP contribution in [-0.2, 0) is 0 Å². The molecule has 2 aromatic carbocycles. The van der Waals surface area contributed by atoms with Gasteiger partial charge in [0.25, 0.3) is 5.91 Å². The maximum atomic E-state index is 15.5. The maximum Gasteiger partial charge on any atom is 0.256 e. The van der Waals surface area contributed by atoms with Crippen LogP contribution in [0.25, 0.3) is 11.1 Å². The van der Waals surface area contributed by atoms with Gasteiger partial charge < -0.3 is 20.9 Å². The van der Waals surface area contributed by atoms with Gasteiger partial charge in [0, 0.05) is 43.6 Å². The second kappa shape index (κ2) is 11.4. The predicted molar refractivity (Wildman–Crippen MR) is 152 cm³/mol. The van der Waals surface area contributed by atoms with Crippen LogP contribution in [0, 0.1) is 18.2 Å². The quantitative estimate of drug-likeness (QED) is 0.359. The third kappa shape index (κ3) is 5.40. The number of nitrogen functional groups attached to an aromatic ring is 1. The number of carbonyl (C=O) groups is 1. The van der Waals surface area contributed by atoms with Crippen LogP contribution in [0.1, 0.15) is 78.6 Å². The number of nitrogens with zero attached hydrogens (tertiary/aromatic N) is 2. The number of amides is 1. The van der Waals surface area contributed by atoms with Gasteiger partial charge in [-0.05, 0) is 105 Å². The van der Waals surface area contributed by atoms with Gasteiger partial charge in [0.2, 0.25) is 0 Å². The van der Waals surface area contributed by atoms with Gasteiger partial charge in [0.05, 0.1) is 5.56 Å². The molecule has 0 radical (unpaired) electrons. The third-order valence-corrected chi connectivity index (χ3v) is 7.94. The van der Waals surface area contributed by atoms with Gasteiger partial charge >= 0.3 is 0 Å². The summed E-state index contributed by atoms with van der Waals surface area (Å²) in [5, 5.41) is 8.06. The molecule has 0 saturated carbocycles. The molecule has 2 aliphatic rings. The summed E-state index contributed by atoms with van der Waals surface area (Å²) in [6.07, 6.45) is 6.09. The highest BCUT2D eigenvalue weighted by Crippen LogP contribution is 2.44. The lowest BCUT2D eigenvalue weighted by Gasteiger charge is -2.32. The lowest BCUT2D eigenvalue weighted by atomic mass is 9.77. The first-order chi connectivity index (χ1) is 17.8. The van der Waals surface area contributed by atoms with E-state index in [2.05, 4.69) is 25.7 Å². The molecule has 1 aliphatic heterocycles. The number of halogens is 1. The fourth-order valence-electron chi connectivity index (χ4n) is 5.64. The molecule has 6 heteroatoms. The Bertz CT molecular complexity index is 1270. The summed E-state index contributed by atoms with van der Waals surface area (Å²) in [5.41, 5.74) is 15.4. The van der Waals surface area contributed by atoms with Crippen molar-refractivity contribution in [2.24, 2.45) is 0 Å². The number of hydrogen-bond acceptors (Lipinski definition) is 4. The highest BCUT2D eigenvalue weighted by Gasteiger charge is 2.26. The monoisotopic (exact) mass is 502 g/mol. The van der Waals surface area contributed by atoms with Gasteiger partial charge in [-0.2, -0.15) is 0 Å². The standard InChI is InChI=1S/C31H39FN4O/c1-5-20(2)29(22-11-12-25(27(32)18-22)31(37)36-16-14-35(4)15-17-36)23-8-6-7-9-24(23)30-21(3)10-13-28(34)26(30)19-33/h10-13,18-19,33H,5-9,14-17,34H2,1-4H3/b29-20+,33-19?. The molecule has 1 heterocycles. The average Bonchev–Trinajstić information content (AvgIpc) is 2.90. The Hall–Kier alpha value is -3.25. The van der Waals surface area contributed by atoms with E-state index in [0.717, 1.165) is 73.0 Å². The Morgan fingerprint density at radius 3 is 2.46 bits per heavy atom. The van der Waals surface area contributed by atoms with Crippen LogP contribution < -0.4 is 5.73 Å². The topological polar surface area (TPSA) is 73.4 Å². The molecule has 2 aromatic rings. The first-order valence-electron chi connectivity index (χ1n) is 13.4. The van der Waals surface area contributed by atoms with Crippen molar-refractivity contribution in [2.45, 2.75) is 52.9 Å². The van der Waals surface area contributed by atoms with E-state index in [1.54, 1.807) is 17.0 Å². The lowest BCUT2D eigenvalue weighted by molar-refractivity contribution is 0.0659. The molecule has 0 aromatic heterocycles. The summed E-state index contributed by atoms with van der Waals surface area (Å²) in [6.45, 7) is 9.12. The van der Waals surface area contributed by atoms with Gasteiger partial charge in [-0.25, -0.2) is 4.39 Å². The summed E-state index contributed by atoms with van der Waals surface area (Å²) < 4.78 is 15.5. The minimum absolute atomic E-state index is 0.137. The molecular weight excluding hydrogens is 463 g/mol. The van der Waals surface area contributed by atoms with Crippen molar-refractivity contribution < 1.29 is 9.18 Å². The zero-order valence-electron chi connectivity index (χ0n) is 22.6. The molecule has 196 valence electrons. The molecule has 0 unspecified atom stereocenters. The summed E-state index contributed by atoms with van der Waals surface area (Å²) in [7, 11) is 2.03. The zero-order valence-corrected chi connectivity index (χ0v) is 22.6. The molecule has 0 spiro atoms. The van der Waals surface area contributed by atoms with Gasteiger partial charge in [0.1, 0.15) is 5.82 Å². The minimum atomic E-state index is -0.471. The fraction of sp³-hybridized carbons (Fsp3) is 0.419. The van der Waals surface area contributed by atoms with Crippen molar-refractivity contribution in [2.75, 3.05) is 39.0 Å². The predicted octanol–water partition coefficient (Wildman–Crippen LogP) is 6.31. The van der Waals surface area contributed by atoms with E-state index < -0.39 is 5.82 Å². The Morgan fingerprint density at radius 1 is 1.11 bits per heavy atom. The molecule has 3 N–H and O–H groups in total. The van der Waals surface area contributed by atoms with Crippen molar-refractivity contribution in [3.8, 4) is 0 Å². The SMILES string of the molecule is CC/C(C)=C(/C1=C(c2c(C)ccc(N)c2C=N)CCCC1)c1ccc(C(=O)N2CCN(C)CC2)c(F)c1. The molecule has 1 fully saturated rings. The van der Waals surface area contributed by atoms with Gasteiger partial charge in [-0.1, -0.05) is 24.6 Å². The number of likely N-dealkylation sites (N-methyl/N-ethyl adjacent to an activating group) is 1. The number of benzene rings is 2. The van der Waals surface area contributed by atoms with E-state index in [0.29, 0.717) is 18.8 Å². The molecule has 0 atom stereocenters. The number of piperazine rings is 1. The van der Waals surface area contributed by atoms with Crippen LogP contribution in [-0.4, -0.2) is 55.1 Å². The molecule has 5 nitrogen and oxygen atoms in total. The van der Waals surface area contributed by atoms with Crippen LogP contribution in [0.2, 0.25) is 0 Å². The Kier molecular flexibility index (Phi) is 8.28. The highest BCUT2D eigenvalue weighted by molar-refractivity contribution is 6.00. The van der Waals surface area contributed by atoms with E-state index in [-0.39, 0.29) is 11.5 Å². The molecule has 1 aliphatic carbocycles. The third-order valence-electron chi connectivity index (χ3n) is 7.94. The van der Waals surface area contributed by atoms with Gasteiger partial charge in [-0.15, -0.1) is 0 Å². The van der Waals surface area contributed by atoms with Gasteiger partial charge in [0.15, 0.2) is 0 Å². The molecule has 4 rings (SSSR count). The summed E-state index contributed by atoms with van der Waals surface area (Å²) in [4.78, 5) is 17.0. The van der Waals surface area contributed by atoms with E-state index >= 15 is 4.39 Å². The molecule has 1 amide bonds. The largest absolute Gasteiger partial charge is 0.398 e. The second-order valence-corrected chi connectivity index (χ2v) is 10.4.